The topological polar surface area (TPSA) is 66.8 Å². The van der Waals surface area contributed by atoms with Crippen molar-refractivity contribution in [2.75, 3.05) is 13.1 Å². The maximum absolute atomic E-state index is 11.9. The lowest BCUT2D eigenvalue weighted by atomic mass is 9.75. The summed E-state index contributed by atoms with van der Waals surface area (Å²) in [5.41, 5.74) is -0.514. The SMILES string of the molecule is CC(C)(C)OC(=O)N1CC(Cc2ccccc2)(C(=O)O)C1. The van der Waals surface area contributed by atoms with Gasteiger partial charge in [-0.1, -0.05) is 30.3 Å². The van der Waals surface area contributed by atoms with Crippen LogP contribution in [0.2, 0.25) is 0 Å². The summed E-state index contributed by atoms with van der Waals surface area (Å²) in [7, 11) is 0. The van der Waals surface area contributed by atoms with Crippen molar-refractivity contribution in [3.8, 4) is 0 Å². The molecule has 2 rings (SSSR count). The van der Waals surface area contributed by atoms with Crippen molar-refractivity contribution in [1.82, 2.24) is 4.90 Å². The van der Waals surface area contributed by atoms with Crippen molar-refractivity contribution < 1.29 is 19.4 Å². The van der Waals surface area contributed by atoms with Gasteiger partial charge in [-0.15, -0.1) is 0 Å². The van der Waals surface area contributed by atoms with Crippen LogP contribution < -0.4 is 0 Å². The van der Waals surface area contributed by atoms with E-state index >= 15 is 0 Å². The quantitative estimate of drug-likeness (QED) is 0.929. The number of carboxylic acids is 1. The first-order valence-corrected chi connectivity index (χ1v) is 6.97. The Hall–Kier alpha value is -2.04. The standard InChI is InChI=1S/C16H21NO4/c1-15(2,3)21-14(20)17-10-16(11-17,13(18)19)9-12-7-5-4-6-8-12/h4-8H,9-11H2,1-3H3,(H,18,19). The van der Waals surface area contributed by atoms with Gasteiger partial charge < -0.3 is 14.7 Å². The Morgan fingerprint density at radius 3 is 2.29 bits per heavy atom. The van der Waals surface area contributed by atoms with Gasteiger partial charge in [0.1, 0.15) is 11.0 Å². The van der Waals surface area contributed by atoms with E-state index in [0.717, 1.165) is 5.56 Å². The first-order chi connectivity index (χ1) is 9.72. The molecule has 0 atom stereocenters. The average molecular weight is 291 g/mol. The van der Waals surface area contributed by atoms with Gasteiger partial charge in [-0.05, 0) is 32.8 Å². The fourth-order valence-electron chi connectivity index (χ4n) is 2.45. The van der Waals surface area contributed by atoms with E-state index in [9.17, 15) is 14.7 Å². The molecule has 1 saturated heterocycles. The molecular formula is C16H21NO4. The van der Waals surface area contributed by atoms with Crippen LogP contribution in [-0.4, -0.2) is 40.8 Å². The number of hydrogen-bond donors (Lipinski definition) is 1. The zero-order valence-electron chi connectivity index (χ0n) is 12.6. The third-order valence-corrected chi connectivity index (χ3v) is 3.48. The first kappa shape index (κ1) is 15.4. The first-order valence-electron chi connectivity index (χ1n) is 6.97. The number of carboxylic acid groups (broad SMARTS) is 1. The number of amides is 1. The molecule has 0 unspecified atom stereocenters. The number of carbonyl (C=O) groups excluding carboxylic acids is 1. The van der Waals surface area contributed by atoms with Crippen LogP contribution in [0.15, 0.2) is 30.3 Å². The van der Waals surface area contributed by atoms with Crippen molar-refractivity contribution in [2.24, 2.45) is 5.41 Å². The molecule has 1 N–H and O–H groups in total. The van der Waals surface area contributed by atoms with Gasteiger partial charge in [-0.25, -0.2) is 4.79 Å². The maximum atomic E-state index is 11.9. The van der Waals surface area contributed by atoms with Crippen LogP contribution in [0.3, 0.4) is 0 Å². The molecule has 0 radical (unpaired) electrons. The van der Waals surface area contributed by atoms with E-state index in [-0.39, 0.29) is 13.1 Å². The van der Waals surface area contributed by atoms with Gasteiger partial charge in [0.25, 0.3) is 0 Å². The Kier molecular flexibility index (Phi) is 3.94. The second-order valence-electron chi connectivity index (χ2n) is 6.58. The van der Waals surface area contributed by atoms with E-state index in [1.807, 2.05) is 30.3 Å². The predicted octanol–water partition coefficient (Wildman–Crippen LogP) is 2.55. The van der Waals surface area contributed by atoms with E-state index in [1.165, 1.54) is 4.90 Å². The van der Waals surface area contributed by atoms with Crippen molar-refractivity contribution in [3.05, 3.63) is 35.9 Å². The molecule has 114 valence electrons. The minimum Gasteiger partial charge on any atom is -0.481 e. The Labute approximate surface area is 124 Å². The Morgan fingerprint density at radius 2 is 1.81 bits per heavy atom. The summed E-state index contributed by atoms with van der Waals surface area (Å²) in [4.78, 5) is 24.9. The van der Waals surface area contributed by atoms with E-state index in [1.54, 1.807) is 20.8 Å². The summed E-state index contributed by atoms with van der Waals surface area (Å²) >= 11 is 0. The highest BCUT2D eigenvalue weighted by molar-refractivity contribution is 5.81. The van der Waals surface area contributed by atoms with Crippen LogP contribution in [0.4, 0.5) is 4.79 Å². The Balaban J connectivity index is 2.02. The van der Waals surface area contributed by atoms with Crippen LogP contribution in [0.25, 0.3) is 0 Å². The number of carbonyl (C=O) groups is 2. The van der Waals surface area contributed by atoms with Gasteiger partial charge in [0, 0.05) is 13.1 Å². The highest BCUT2D eigenvalue weighted by Crippen LogP contribution is 2.35. The number of rotatable bonds is 3. The van der Waals surface area contributed by atoms with Gasteiger partial charge in [0.2, 0.25) is 0 Å². The molecule has 0 aliphatic carbocycles. The van der Waals surface area contributed by atoms with Crippen molar-refractivity contribution in [2.45, 2.75) is 32.8 Å². The molecule has 1 fully saturated rings. The predicted molar refractivity (Wildman–Crippen MR) is 78.0 cm³/mol. The normalized spacial score (nSPS) is 17.0. The van der Waals surface area contributed by atoms with Crippen LogP contribution in [0.5, 0.6) is 0 Å². The smallest absolute Gasteiger partial charge is 0.410 e. The lowest BCUT2D eigenvalue weighted by molar-refractivity contribution is -0.159. The average Bonchev–Trinajstić information content (AvgIpc) is 2.31. The van der Waals surface area contributed by atoms with Crippen LogP contribution in [0.1, 0.15) is 26.3 Å². The van der Waals surface area contributed by atoms with Gasteiger partial charge >= 0.3 is 12.1 Å². The highest BCUT2D eigenvalue weighted by atomic mass is 16.6. The monoisotopic (exact) mass is 291 g/mol. The lowest BCUT2D eigenvalue weighted by Gasteiger charge is -2.47. The minimum atomic E-state index is -0.905. The molecule has 5 heteroatoms. The van der Waals surface area contributed by atoms with E-state index in [4.69, 9.17) is 4.74 Å². The Morgan fingerprint density at radius 1 is 1.24 bits per heavy atom. The molecule has 21 heavy (non-hydrogen) atoms. The third kappa shape index (κ3) is 3.54. The number of aliphatic carboxylic acids is 1. The van der Waals surface area contributed by atoms with Gasteiger partial charge in [-0.2, -0.15) is 0 Å². The largest absolute Gasteiger partial charge is 0.481 e. The van der Waals surface area contributed by atoms with Crippen LogP contribution in [-0.2, 0) is 16.0 Å². The molecule has 0 bridgehead atoms. The summed E-state index contributed by atoms with van der Waals surface area (Å²) in [6, 6.07) is 9.47. The fourth-order valence-corrected chi connectivity index (χ4v) is 2.45. The van der Waals surface area contributed by atoms with E-state index < -0.39 is 23.1 Å². The minimum absolute atomic E-state index is 0.187. The van der Waals surface area contributed by atoms with Crippen molar-refractivity contribution in [3.63, 3.8) is 0 Å². The zero-order chi connectivity index (χ0) is 15.7. The highest BCUT2D eigenvalue weighted by Gasteiger charge is 2.52. The number of benzene rings is 1. The number of likely N-dealkylation sites (tertiary alicyclic amines) is 1. The number of hydrogen-bond acceptors (Lipinski definition) is 3. The van der Waals surface area contributed by atoms with Crippen molar-refractivity contribution in [1.29, 1.82) is 0 Å². The summed E-state index contributed by atoms with van der Waals surface area (Å²) in [6.07, 6.45) is -0.0323. The zero-order valence-corrected chi connectivity index (χ0v) is 12.6. The molecular weight excluding hydrogens is 270 g/mol. The van der Waals surface area contributed by atoms with Crippen LogP contribution >= 0.6 is 0 Å². The molecule has 1 aromatic rings. The molecule has 1 heterocycles. The van der Waals surface area contributed by atoms with Crippen LogP contribution in [0, 0.1) is 5.41 Å². The second kappa shape index (κ2) is 5.39. The third-order valence-electron chi connectivity index (χ3n) is 3.48. The van der Waals surface area contributed by atoms with Crippen molar-refractivity contribution >= 4 is 12.1 Å². The molecule has 0 saturated carbocycles. The van der Waals surface area contributed by atoms with Gasteiger partial charge in [-0.3, -0.25) is 4.79 Å². The molecule has 1 aromatic carbocycles. The fraction of sp³-hybridized carbons (Fsp3) is 0.500. The number of nitrogens with zero attached hydrogens (tertiary/aromatic N) is 1. The second-order valence-corrected chi connectivity index (χ2v) is 6.58. The summed E-state index contributed by atoms with van der Waals surface area (Å²) in [6.45, 7) is 5.75. The molecule has 0 spiro atoms. The molecule has 1 aliphatic heterocycles. The Bertz CT molecular complexity index is 527. The molecule has 1 amide bonds. The molecule has 1 aliphatic rings. The maximum Gasteiger partial charge on any atom is 0.410 e. The molecule has 0 aromatic heterocycles. The summed E-state index contributed by atoms with van der Waals surface area (Å²) < 4.78 is 5.26. The number of ether oxygens (including phenoxy) is 1. The van der Waals surface area contributed by atoms with E-state index in [2.05, 4.69) is 0 Å². The van der Waals surface area contributed by atoms with E-state index in [0.29, 0.717) is 6.42 Å². The summed E-state index contributed by atoms with van der Waals surface area (Å²) in [5, 5.41) is 9.50. The van der Waals surface area contributed by atoms with Gasteiger partial charge in [0.15, 0.2) is 0 Å². The summed E-state index contributed by atoms with van der Waals surface area (Å²) in [5.74, 6) is -0.869. The molecule has 5 nitrogen and oxygen atoms in total. The van der Waals surface area contributed by atoms with Gasteiger partial charge in [0.05, 0.1) is 0 Å². The lowest BCUT2D eigenvalue weighted by Crippen LogP contribution is -2.63.